The van der Waals surface area contributed by atoms with Gasteiger partial charge in [-0.2, -0.15) is 5.10 Å². The third-order valence-corrected chi connectivity index (χ3v) is 4.32. The van der Waals surface area contributed by atoms with Gasteiger partial charge in [0.05, 0.1) is 12.8 Å². The van der Waals surface area contributed by atoms with Crippen LogP contribution < -0.4 is 19.8 Å². The summed E-state index contributed by atoms with van der Waals surface area (Å²) in [6.07, 6.45) is 4.32. The number of amides is 1. The third-order valence-electron chi connectivity index (χ3n) is 4.32. The maximum atomic E-state index is 12.2. The van der Waals surface area contributed by atoms with Crippen LogP contribution in [-0.2, 0) is 4.79 Å². The van der Waals surface area contributed by atoms with Crippen LogP contribution in [0.25, 0.3) is 0 Å². The fourth-order valence-corrected chi connectivity index (χ4v) is 2.53. The molecule has 1 N–H and O–H groups in total. The highest BCUT2D eigenvalue weighted by atomic mass is 16.5. The molecule has 1 atom stereocenters. The van der Waals surface area contributed by atoms with Gasteiger partial charge in [-0.25, -0.2) is 5.43 Å². The van der Waals surface area contributed by atoms with Crippen molar-refractivity contribution in [2.24, 2.45) is 5.10 Å². The van der Waals surface area contributed by atoms with Gasteiger partial charge in [0.15, 0.2) is 6.10 Å². The summed E-state index contributed by atoms with van der Waals surface area (Å²) in [5, 5.41) is 4.00. The summed E-state index contributed by atoms with van der Waals surface area (Å²) in [4.78, 5) is 14.2. The van der Waals surface area contributed by atoms with Gasteiger partial charge >= 0.3 is 0 Å². The lowest BCUT2D eigenvalue weighted by Gasteiger charge is -2.13. The number of carbonyl (C=O) groups is 1. The number of nitrogens with one attached hydrogen (secondary N) is 1. The molecule has 0 radical (unpaired) electrons. The Hall–Kier alpha value is -3.02. The van der Waals surface area contributed by atoms with Gasteiger partial charge in [0.1, 0.15) is 11.5 Å². The van der Waals surface area contributed by atoms with E-state index in [1.54, 1.807) is 25.3 Å². The highest BCUT2D eigenvalue weighted by Crippen LogP contribution is 2.19. The molecular weight excluding hydrogens is 366 g/mol. The number of nitrogens with zero attached hydrogens (tertiary/aromatic N) is 2. The summed E-state index contributed by atoms with van der Waals surface area (Å²) >= 11 is 0. The molecule has 0 saturated carbocycles. The first kappa shape index (κ1) is 22.3. The zero-order valence-corrected chi connectivity index (χ0v) is 17.7. The number of ether oxygens (including phenoxy) is 2. The van der Waals surface area contributed by atoms with Crippen LogP contribution >= 0.6 is 0 Å². The predicted octanol–water partition coefficient (Wildman–Crippen LogP) is 4.24. The molecule has 156 valence electrons. The van der Waals surface area contributed by atoms with Crippen molar-refractivity contribution in [3.63, 3.8) is 0 Å². The normalized spacial score (nSPS) is 11.9. The third kappa shape index (κ3) is 7.86. The van der Waals surface area contributed by atoms with Gasteiger partial charge in [-0.15, -0.1) is 0 Å². The number of unbranched alkanes of at least 4 members (excludes halogenated alkanes) is 2. The molecule has 2 rings (SSSR count). The maximum Gasteiger partial charge on any atom is 0.280 e. The van der Waals surface area contributed by atoms with Gasteiger partial charge in [-0.05, 0) is 55.3 Å². The standard InChI is InChI=1S/C23H31N3O3/c1-5-6-7-16-28-21-12-14-22(15-13-21)29-18(2)23(27)25-24-17-19-8-10-20(11-9-19)26(3)4/h8-15,17-18H,5-7,16H2,1-4H3,(H,25,27)/b24-17-/t18-/m0/s1. The van der Waals surface area contributed by atoms with Gasteiger partial charge in [0, 0.05) is 19.8 Å². The Balaban J connectivity index is 1.78. The van der Waals surface area contributed by atoms with Crippen LogP contribution in [0, 0.1) is 0 Å². The van der Waals surface area contributed by atoms with E-state index in [0.717, 1.165) is 29.8 Å². The van der Waals surface area contributed by atoms with E-state index in [1.165, 1.54) is 6.42 Å². The molecule has 0 aromatic heterocycles. The summed E-state index contributed by atoms with van der Waals surface area (Å²) < 4.78 is 11.3. The van der Waals surface area contributed by atoms with Crippen LogP contribution in [0.4, 0.5) is 5.69 Å². The van der Waals surface area contributed by atoms with E-state index in [9.17, 15) is 4.79 Å². The van der Waals surface area contributed by atoms with Gasteiger partial charge in [0.25, 0.3) is 5.91 Å². The molecule has 0 aliphatic rings. The van der Waals surface area contributed by atoms with Gasteiger partial charge in [-0.3, -0.25) is 4.79 Å². The molecule has 0 spiro atoms. The summed E-state index contributed by atoms with van der Waals surface area (Å²) in [5.74, 6) is 1.10. The van der Waals surface area contributed by atoms with Crippen LogP contribution in [0.5, 0.6) is 11.5 Å². The maximum absolute atomic E-state index is 12.2. The number of rotatable bonds is 11. The van der Waals surface area contributed by atoms with Crippen molar-refractivity contribution >= 4 is 17.8 Å². The summed E-state index contributed by atoms with van der Waals surface area (Å²) in [6, 6.07) is 15.2. The second kappa shape index (κ2) is 11.7. The molecule has 0 heterocycles. The van der Waals surface area contributed by atoms with Crippen LogP contribution in [0.15, 0.2) is 53.6 Å². The number of benzene rings is 2. The minimum absolute atomic E-state index is 0.314. The van der Waals surface area contributed by atoms with Crippen LogP contribution in [0.3, 0.4) is 0 Å². The van der Waals surface area contributed by atoms with Gasteiger partial charge < -0.3 is 14.4 Å². The van der Waals surface area contributed by atoms with Crippen molar-refractivity contribution in [1.82, 2.24) is 5.43 Å². The second-order valence-electron chi connectivity index (χ2n) is 7.01. The Bertz CT molecular complexity index is 771. The summed E-state index contributed by atoms with van der Waals surface area (Å²) in [6.45, 7) is 4.56. The number of hydrogen-bond donors (Lipinski definition) is 1. The second-order valence-corrected chi connectivity index (χ2v) is 7.01. The Morgan fingerprint density at radius 2 is 1.72 bits per heavy atom. The fraction of sp³-hybridized carbons (Fsp3) is 0.391. The monoisotopic (exact) mass is 397 g/mol. The molecule has 0 bridgehead atoms. The van der Waals surface area contributed by atoms with E-state index in [1.807, 2.05) is 55.4 Å². The topological polar surface area (TPSA) is 63.2 Å². The Kier molecular flexibility index (Phi) is 9.02. The largest absolute Gasteiger partial charge is 0.494 e. The lowest BCUT2D eigenvalue weighted by Crippen LogP contribution is -2.33. The van der Waals surface area contributed by atoms with E-state index in [4.69, 9.17) is 9.47 Å². The predicted molar refractivity (Wildman–Crippen MR) is 118 cm³/mol. The molecule has 0 aliphatic heterocycles. The SMILES string of the molecule is CCCCCOc1ccc(O[C@@H](C)C(=O)N/N=C\c2ccc(N(C)C)cc2)cc1. The highest BCUT2D eigenvalue weighted by Gasteiger charge is 2.13. The Morgan fingerprint density at radius 1 is 1.07 bits per heavy atom. The average molecular weight is 398 g/mol. The average Bonchev–Trinajstić information content (AvgIpc) is 2.72. The molecule has 0 aliphatic carbocycles. The smallest absolute Gasteiger partial charge is 0.280 e. The molecular formula is C23H31N3O3. The van der Waals surface area contributed by atoms with E-state index in [2.05, 4.69) is 17.5 Å². The number of anilines is 1. The van der Waals surface area contributed by atoms with Crippen LogP contribution in [0.2, 0.25) is 0 Å². The van der Waals surface area contributed by atoms with E-state index >= 15 is 0 Å². The van der Waals surface area contributed by atoms with Crippen LogP contribution in [0.1, 0.15) is 38.7 Å². The lowest BCUT2D eigenvalue weighted by molar-refractivity contribution is -0.127. The van der Waals surface area contributed by atoms with Crippen molar-refractivity contribution in [2.45, 2.75) is 39.2 Å². The highest BCUT2D eigenvalue weighted by molar-refractivity contribution is 5.84. The van der Waals surface area contributed by atoms with E-state index in [0.29, 0.717) is 12.4 Å². The van der Waals surface area contributed by atoms with Gasteiger partial charge in [-0.1, -0.05) is 31.9 Å². The first-order valence-electron chi connectivity index (χ1n) is 9.99. The van der Waals surface area contributed by atoms with Crippen LogP contribution in [-0.4, -0.2) is 38.9 Å². The molecule has 6 nitrogen and oxygen atoms in total. The van der Waals surface area contributed by atoms with Gasteiger partial charge in [0.2, 0.25) is 0 Å². The molecule has 1 amide bonds. The van der Waals surface area contributed by atoms with Crippen molar-refractivity contribution in [3.8, 4) is 11.5 Å². The minimum atomic E-state index is -0.667. The Morgan fingerprint density at radius 3 is 2.34 bits per heavy atom. The Labute approximate surface area is 173 Å². The lowest BCUT2D eigenvalue weighted by atomic mass is 10.2. The zero-order valence-electron chi connectivity index (χ0n) is 17.7. The molecule has 0 saturated heterocycles. The quantitative estimate of drug-likeness (QED) is 0.350. The summed E-state index contributed by atoms with van der Waals surface area (Å²) in [7, 11) is 3.97. The fourth-order valence-electron chi connectivity index (χ4n) is 2.53. The first-order chi connectivity index (χ1) is 14.0. The molecule has 6 heteroatoms. The minimum Gasteiger partial charge on any atom is -0.494 e. The number of hydrazone groups is 1. The number of carbonyl (C=O) groups excluding carboxylic acids is 1. The molecule has 2 aromatic carbocycles. The molecule has 2 aromatic rings. The number of hydrogen-bond acceptors (Lipinski definition) is 5. The first-order valence-corrected chi connectivity index (χ1v) is 9.99. The van der Waals surface area contributed by atoms with Crippen molar-refractivity contribution in [3.05, 3.63) is 54.1 Å². The van der Waals surface area contributed by atoms with Crippen molar-refractivity contribution < 1.29 is 14.3 Å². The van der Waals surface area contributed by atoms with Crippen molar-refractivity contribution in [2.75, 3.05) is 25.6 Å². The molecule has 0 unspecified atom stereocenters. The zero-order chi connectivity index (χ0) is 21.1. The van der Waals surface area contributed by atoms with Crippen molar-refractivity contribution in [1.29, 1.82) is 0 Å². The molecule has 29 heavy (non-hydrogen) atoms. The summed E-state index contributed by atoms with van der Waals surface area (Å²) in [5.41, 5.74) is 4.51. The molecule has 0 fully saturated rings. The van der Waals surface area contributed by atoms with E-state index in [-0.39, 0.29) is 5.91 Å². The van der Waals surface area contributed by atoms with E-state index < -0.39 is 6.10 Å².